The highest BCUT2D eigenvalue weighted by molar-refractivity contribution is 4.59. The summed E-state index contributed by atoms with van der Waals surface area (Å²) >= 11 is 0. The lowest BCUT2D eigenvalue weighted by Gasteiger charge is -2.14. The molecule has 0 spiro atoms. The van der Waals surface area contributed by atoms with Crippen molar-refractivity contribution in [1.29, 1.82) is 0 Å². The third-order valence-electron chi connectivity index (χ3n) is 4.32. The number of hydrogen-bond donors (Lipinski definition) is 1. The van der Waals surface area contributed by atoms with Crippen LogP contribution in [-0.2, 0) is 0 Å². The fourth-order valence-electron chi connectivity index (χ4n) is 2.83. The Morgan fingerprint density at radius 2 is 1.21 bits per heavy atom. The van der Waals surface area contributed by atoms with E-state index in [1.165, 1.54) is 77.2 Å². The Labute approximate surface area is 122 Å². The highest BCUT2D eigenvalue weighted by Crippen LogP contribution is 2.20. The van der Waals surface area contributed by atoms with Crippen LogP contribution in [-0.4, -0.2) is 13.6 Å². The first kappa shape index (κ1) is 19.0. The molecule has 0 amide bonds. The maximum absolute atomic E-state index is 3.24. The van der Waals surface area contributed by atoms with E-state index in [2.05, 4.69) is 26.1 Å². The lowest BCUT2D eigenvalue weighted by atomic mass is 9.93. The van der Waals surface area contributed by atoms with Gasteiger partial charge >= 0.3 is 0 Å². The summed E-state index contributed by atoms with van der Waals surface area (Å²) in [6.07, 6.45) is 15.7. The fraction of sp³-hybridized carbons (Fsp3) is 1.00. The van der Waals surface area contributed by atoms with Crippen LogP contribution < -0.4 is 5.32 Å². The summed E-state index contributed by atoms with van der Waals surface area (Å²) in [5.74, 6) is 1.87. The first-order valence-corrected chi connectivity index (χ1v) is 8.85. The van der Waals surface area contributed by atoms with Crippen LogP contribution in [0, 0.1) is 11.8 Å². The summed E-state index contributed by atoms with van der Waals surface area (Å²) in [5.41, 5.74) is 0. The summed E-state index contributed by atoms with van der Waals surface area (Å²) in [5, 5.41) is 3.24. The lowest BCUT2D eigenvalue weighted by molar-refractivity contribution is 0.394. The maximum Gasteiger partial charge on any atom is -0.00518 e. The molecule has 1 nitrogen and oxygen atoms in total. The van der Waals surface area contributed by atoms with Gasteiger partial charge in [0.2, 0.25) is 0 Å². The Balaban J connectivity index is 3.29. The third-order valence-corrected chi connectivity index (χ3v) is 4.32. The molecule has 0 fully saturated rings. The molecule has 0 saturated heterocycles. The zero-order chi connectivity index (χ0) is 14.3. The van der Waals surface area contributed by atoms with Crippen LogP contribution >= 0.6 is 0 Å². The van der Waals surface area contributed by atoms with E-state index in [1.807, 2.05) is 7.05 Å². The van der Waals surface area contributed by atoms with Crippen molar-refractivity contribution < 1.29 is 0 Å². The molecular formula is C18H39N. The van der Waals surface area contributed by atoms with E-state index >= 15 is 0 Å². The molecule has 0 aromatic carbocycles. The quantitative estimate of drug-likeness (QED) is 0.394. The monoisotopic (exact) mass is 269 g/mol. The smallest absolute Gasteiger partial charge is 0.00518 e. The van der Waals surface area contributed by atoms with Gasteiger partial charge < -0.3 is 5.32 Å². The fourth-order valence-corrected chi connectivity index (χ4v) is 2.83. The van der Waals surface area contributed by atoms with Gasteiger partial charge in [-0.3, -0.25) is 0 Å². The van der Waals surface area contributed by atoms with E-state index in [-0.39, 0.29) is 0 Å². The molecule has 0 aliphatic heterocycles. The summed E-state index contributed by atoms with van der Waals surface area (Å²) < 4.78 is 0. The van der Waals surface area contributed by atoms with Gasteiger partial charge in [0.15, 0.2) is 0 Å². The van der Waals surface area contributed by atoms with Crippen LogP contribution in [0.25, 0.3) is 0 Å². The molecule has 0 heterocycles. The summed E-state index contributed by atoms with van der Waals surface area (Å²) in [7, 11) is 2.05. The average molecular weight is 270 g/mol. The molecule has 0 aliphatic rings. The molecule has 116 valence electrons. The van der Waals surface area contributed by atoms with Crippen LogP contribution in [0.4, 0.5) is 0 Å². The van der Waals surface area contributed by atoms with Crippen molar-refractivity contribution in [3.63, 3.8) is 0 Å². The van der Waals surface area contributed by atoms with Crippen molar-refractivity contribution in [2.45, 2.75) is 91.4 Å². The molecule has 0 radical (unpaired) electrons. The first-order valence-electron chi connectivity index (χ1n) is 8.85. The second-order valence-electron chi connectivity index (χ2n) is 6.59. The van der Waals surface area contributed by atoms with Gasteiger partial charge in [0.1, 0.15) is 0 Å². The lowest BCUT2D eigenvalue weighted by Crippen LogP contribution is -2.09. The van der Waals surface area contributed by atoms with Crippen LogP contribution in [0.1, 0.15) is 91.4 Å². The van der Waals surface area contributed by atoms with Gasteiger partial charge in [-0.1, -0.05) is 78.6 Å². The predicted molar refractivity (Wildman–Crippen MR) is 88.7 cm³/mol. The van der Waals surface area contributed by atoms with E-state index in [0.717, 1.165) is 11.8 Å². The molecule has 0 aromatic heterocycles. The number of rotatable bonds is 14. The summed E-state index contributed by atoms with van der Waals surface area (Å²) in [4.78, 5) is 0. The highest BCUT2D eigenvalue weighted by atomic mass is 14.8. The van der Waals surface area contributed by atoms with Crippen LogP contribution in [0.5, 0.6) is 0 Å². The Hall–Kier alpha value is -0.0400. The minimum absolute atomic E-state index is 0.921. The van der Waals surface area contributed by atoms with Crippen molar-refractivity contribution in [1.82, 2.24) is 5.32 Å². The van der Waals surface area contributed by atoms with Gasteiger partial charge in [-0.25, -0.2) is 0 Å². The zero-order valence-electron chi connectivity index (χ0n) is 14.1. The SMILES string of the molecule is CCCCCCCC(C)CCCC(C)CCCNC. The normalized spacial score (nSPS) is 14.5. The van der Waals surface area contributed by atoms with Crippen LogP contribution in [0.2, 0.25) is 0 Å². The number of unbranched alkanes of at least 4 members (excludes halogenated alkanes) is 4. The van der Waals surface area contributed by atoms with Crippen molar-refractivity contribution in [2.75, 3.05) is 13.6 Å². The molecule has 2 atom stereocenters. The van der Waals surface area contributed by atoms with E-state index < -0.39 is 0 Å². The Morgan fingerprint density at radius 1 is 0.684 bits per heavy atom. The van der Waals surface area contributed by atoms with Crippen LogP contribution in [0.15, 0.2) is 0 Å². The van der Waals surface area contributed by atoms with Gasteiger partial charge in [-0.05, 0) is 38.3 Å². The topological polar surface area (TPSA) is 12.0 Å². The van der Waals surface area contributed by atoms with Gasteiger partial charge in [0.05, 0.1) is 0 Å². The second kappa shape index (κ2) is 14.4. The number of hydrogen-bond acceptors (Lipinski definition) is 1. The molecule has 1 heteroatoms. The number of nitrogens with one attached hydrogen (secondary N) is 1. The Kier molecular flexibility index (Phi) is 14.3. The molecule has 19 heavy (non-hydrogen) atoms. The van der Waals surface area contributed by atoms with E-state index in [0.29, 0.717) is 0 Å². The van der Waals surface area contributed by atoms with E-state index in [4.69, 9.17) is 0 Å². The summed E-state index contributed by atoms with van der Waals surface area (Å²) in [6, 6.07) is 0. The standard InChI is InChI=1S/C18H39N/c1-5-6-7-8-9-12-17(2)13-10-14-18(3)15-11-16-19-4/h17-19H,5-16H2,1-4H3. The molecule has 0 aliphatic carbocycles. The minimum Gasteiger partial charge on any atom is -0.320 e. The van der Waals surface area contributed by atoms with Gasteiger partial charge in [0.25, 0.3) is 0 Å². The Bertz CT molecular complexity index is 167. The second-order valence-corrected chi connectivity index (χ2v) is 6.59. The molecule has 0 bridgehead atoms. The van der Waals surface area contributed by atoms with Gasteiger partial charge in [-0.15, -0.1) is 0 Å². The zero-order valence-corrected chi connectivity index (χ0v) is 14.1. The third kappa shape index (κ3) is 14.2. The molecule has 0 aromatic rings. The molecule has 2 unspecified atom stereocenters. The van der Waals surface area contributed by atoms with Gasteiger partial charge in [-0.2, -0.15) is 0 Å². The molecule has 1 N–H and O–H groups in total. The average Bonchev–Trinajstić information content (AvgIpc) is 2.39. The maximum atomic E-state index is 3.24. The molecule has 0 saturated carbocycles. The molecular weight excluding hydrogens is 230 g/mol. The highest BCUT2D eigenvalue weighted by Gasteiger charge is 2.05. The Morgan fingerprint density at radius 3 is 1.79 bits per heavy atom. The first-order chi connectivity index (χ1) is 9.20. The van der Waals surface area contributed by atoms with E-state index in [1.54, 1.807) is 0 Å². The molecule has 0 rings (SSSR count). The minimum atomic E-state index is 0.921. The predicted octanol–water partition coefficient (Wildman–Crippen LogP) is 5.79. The summed E-state index contributed by atoms with van der Waals surface area (Å²) in [6.45, 7) is 8.34. The van der Waals surface area contributed by atoms with Crippen LogP contribution in [0.3, 0.4) is 0 Å². The van der Waals surface area contributed by atoms with E-state index in [9.17, 15) is 0 Å². The largest absolute Gasteiger partial charge is 0.320 e. The van der Waals surface area contributed by atoms with Crippen molar-refractivity contribution >= 4 is 0 Å². The van der Waals surface area contributed by atoms with Crippen molar-refractivity contribution in [3.8, 4) is 0 Å². The van der Waals surface area contributed by atoms with Crippen molar-refractivity contribution in [2.24, 2.45) is 11.8 Å². The van der Waals surface area contributed by atoms with Crippen molar-refractivity contribution in [3.05, 3.63) is 0 Å². The van der Waals surface area contributed by atoms with Gasteiger partial charge in [0, 0.05) is 0 Å².